The third-order valence-electron chi connectivity index (χ3n) is 4.60. The van der Waals surface area contributed by atoms with Crippen molar-refractivity contribution in [1.29, 1.82) is 0 Å². The number of amides is 2. The summed E-state index contributed by atoms with van der Waals surface area (Å²) < 4.78 is 15.1. The zero-order valence-electron chi connectivity index (χ0n) is 14.9. The number of hydrogen-bond acceptors (Lipinski definition) is 3. The lowest BCUT2D eigenvalue weighted by molar-refractivity contribution is -0.123. The van der Waals surface area contributed by atoms with E-state index in [1.807, 2.05) is 19.1 Å². The van der Waals surface area contributed by atoms with Gasteiger partial charge in [0.1, 0.15) is 5.82 Å². The SMILES string of the molecule is Cc1cn(-c2ccc(Cl)cc2)nc1NC(=O)[C@H]1CC(=O)Nc2cc(F)ccc21. The predicted octanol–water partition coefficient (Wildman–Crippen LogP) is 4.04. The van der Waals surface area contributed by atoms with Crippen LogP contribution in [-0.4, -0.2) is 21.6 Å². The van der Waals surface area contributed by atoms with Gasteiger partial charge in [-0.25, -0.2) is 9.07 Å². The van der Waals surface area contributed by atoms with Crippen LogP contribution in [0.25, 0.3) is 5.69 Å². The van der Waals surface area contributed by atoms with Gasteiger partial charge in [0, 0.05) is 28.9 Å². The molecule has 0 fully saturated rings. The summed E-state index contributed by atoms with van der Waals surface area (Å²) in [6, 6.07) is 11.1. The van der Waals surface area contributed by atoms with Gasteiger partial charge in [0.05, 0.1) is 11.6 Å². The molecule has 0 aliphatic carbocycles. The van der Waals surface area contributed by atoms with E-state index in [-0.39, 0.29) is 18.2 Å². The number of rotatable bonds is 3. The average Bonchev–Trinajstić information content (AvgIpc) is 3.01. The monoisotopic (exact) mass is 398 g/mol. The van der Waals surface area contributed by atoms with Crippen LogP contribution in [-0.2, 0) is 9.59 Å². The van der Waals surface area contributed by atoms with Crippen molar-refractivity contribution in [1.82, 2.24) is 9.78 Å². The summed E-state index contributed by atoms with van der Waals surface area (Å²) in [6.45, 7) is 1.83. The molecular formula is C20H16ClFN4O2. The minimum atomic E-state index is -0.718. The van der Waals surface area contributed by atoms with Gasteiger partial charge in [-0.15, -0.1) is 5.10 Å². The lowest BCUT2D eigenvalue weighted by Gasteiger charge is -2.24. The van der Waals surface area contributed by atoms with Gasteiger partial charge in [0.25, 0.3) is 0 Å². The lowest BCUT2D eigenvalue weighted by atomic mass is 9.89. The van der Waals surface area contributed by atoms with Crippen molar-refractivity contribution in [2.45, 2.75) is 19.3 Å². The summed E-state index contributed by atoms with van der Waals surface area (Å²) in [5, 5.41) is 10.4. The maximum Gasteiger partial charge on any atom is 0.233 e. The van der Waals surface area contributed by atoms with Crippen LogP contribution in [0, 0.1) is 12.7 Å². The van der Waals surface area contributed by atoms with E-state index in [2.05, 4.69) is 15.7 Å². The molecule has 142 valence electrons. The second-order valence-electron chi connectivity index (χ2n) is 6.61. The van der Waals surface area contributed by atoms with E-state index in [1.165, 1.54) is 18.2 Å². The van der Waals surface area contributed by atoms with E-state index < -0.39 is 11.7 Å². The van der Waals surface area contributed by atoms with Crippen LogP contribution in [0.4, 0.5) is 15.9 Å². The largest absolute Gasteiger partial charge is 0.326 e. The highest BCUT2D eigenvalue weighted by molar-refractivity contribution is 6.30. The first-order chi connectivity index (χ1) is 13.4. The van der Waals surface area contributed by atoms with Gasteiger partial charge < -0.3 is 10.6 Å². The Hall–Kier alpha value is -3.19. The molecule has 4 rings (SSSR count). The molecule has 2 N–H and O–H groups in total. The normalized spacial score (nSPS) is 15.7. The molecular weight excluding hydrogens is 383 g/mol. The van der Waals surface area contributed by atoms with Crippen molar-refractivity contribution >= 4 is 34.9 Å². The Morgan fingerprint density at radius 3 is 2.79 bits per heavy atom. The molecule has 28 heavy (non-hydrogen) atoms. The van der Waals surface area contributed by atoms with E-state index in [9.17, 15) is 14.0 Å². The Labute approximate surface area is 165 Å². The molecule has 1 atom stereocenters. The van der Waals surface area contributed by atoms with Gasteiger partial charge in [-0.1, -0.05) is 17.7 Å². The number of fused-ring (bicyclic) bond motifs is 1. The predicted molar refractivity (Wildman–Crippen MR) is 104 cm³/mol. The van der Waals surface area contributed by atoms with Crippen molar-refractivity contribution in [2.24, 2.45) is 0 Å². The highest BCUT2D eigenvalue weighted by Crippen LogP contribution is 2.33. The van der Waals surface area contributed by atoms with Crippen LogP contribution in [0.5, 0.6) is 0 Å². The summed E-state index contributed by atoms with van der Waals surface area (Å²) in [7, 11) is 0. The highest BCUT2D eigenvalue weighted by Gasteiger charge is 2.31. The second kappa shape index (κ2) is 7.09. The van der Waals surface area contributed by atoms with E-state index >= 15 is 0 Å². The van der Waals surface area contributed by atoms with E-state index in [4.69, 9.17) is 11.6 Å². The molecule has 0 spiro atoms. The Kier molecular flexibility index (Phi) is 4.60. The molecule has 3 aromatic rings. The Morgan fingerprint density at radius 1 is 1.29 bits per heavy atom. The fraction of sp³-hybridized carbons (Fsp3) is 0.150. The number of hydrogen-bond donors (Lipinski definition) is 2. The van der Waals surface area contributed by atoms with Crippen LogP contribution < -0.4 is 10.6 Å². The maximum atomic E-state index is 13.5. The number of aromatic nitrogens is 2. The quantitative estimate of drug-likeness (QED) is 0.699. The van der Waals surface area contributed by atoms with Crippen LogP contribution in [0.3, 0.4) is 0 Å². The maximum absolute atomic E-state index is 13.5. The summed E-state index contributed by atoms with van der Waals surface area (Å²) >= 11 is 5.91. The van der Waals surface area contributed by atoms with Crippen LogP contribution in [0.1, 0.15) is 23.5 Å². The number of carbonyl (C=O) groups is 2. The molecule has 0 saturated heterocycles. The van der Waals surface area contributed by atoms with Crippen molar-refractivity contribution in [2.75, 3.05) is 10.6 Å². The summed E-state index contributed by atoms with van der Waals surface area (Å²) in [4.78, 5) is 24.8. The van der Waals surface area contributed by atoms with Crippen molar-refractivity contribution in [3.63, 3.8) is 0 Å². The zero-order chi connectivity index (χ0) is 19.8. The zero-order valence-corrected chi connectivity index (χ0v) is 15.6. The molecule has 1 aromatic heterocycles. The summed E-state index contributed by atoms with van der Waals surface area (Å²) in [5.74, 6) is -1.49. The highest BCUT2D eigenvalue weighted by atomic mass is 35.5. The first-order valence-electron chi connectivity index (χ1n) is 8.63. The first-order valence-corrected chi connectivity index (χ1v) is 9.01. The van der Waals surface area contributed by atoms with E-state index in [0.717, 1.165) is 11.3 Å². The topological polar surface area (TPSA) is 76.0 Å². The van der Waals surface area contributed by atoms with Gasteiger partial charge in [-0.2, -0.15) is 0 Å². The molecule has 2 aromatic carbocycles. The third-order valence-corrected chi connectivity index (χ3v) is 4.85. The van der Waals surface area contributed by atoms with Gasteiger partial charge in [0.2, 0.25) is 11.8 Å². The molecule has 0 radical (unpaired) electrons. The van der Waals surface area contributed by atoms with Crippen LogP contribution >= 0.6 is 11.6 Å². The number of nitrogens with one attached hydrogen (secondary N) is 2. The minimum absolute atomic E-state index is 0.0125. The molecule has 8 heteroatoms. The summed E-state index contributed by atoms with van der Waals surface area (Å²) in [6.07, 6.45) is 1.77. The average molecular weight is 399 g/mol. The van der Waals surface area contributed by atoms with Gasteiger partial charge in [0.15, 0.2) is 5.82 Å². The number of halogens is 2. The molecule has 1 aliphatic rings. The van der Waals surface area contributed by atoms with E-state index in [1.54, 1.807) is 23.0 Å². The fourth-order valence-electron chi connectivity index (χ4n) is 3.18. The molecule has 2 amide bonds. The van der Waals surface area contributed by atoms with Crippen molar-refractivity contribution in [3.05, 3.63) is 70.6 Å². The minimum Gasteiger partial charge on any atom is -0.326 e. The van der Waals surface area contributed by atoms with Crippen LogP contribution in [0.2, 0.25) is 5.02 Å². The van der Waals surface area contributed by atoms with Crippen LogP contribution in [0.15, 0.2) is 48.7 Å². The molecule has 0 saturated carbocycles. The Morgan fingerprint density at radius 2 is 2.04 bits per heavy atom. The Bertz CT molecular complexity index is 1080. The second-order valence-corrected chi connectivity index (χ2v) is 7.04. The molecule has 0 bridgehead atoms. The fourth-order valence-corrected chi connectivity index (χ4v) is 3.31. The number of aryl methyl sites for hydroxylation is 1. The van der Waals surface area contributed by atoms with E-state index in [0.29, 0.717) is 22.1 Å². The standard InChI is InChI=1S/C20H16ClFN4O2/c1-11-10-26(14-5-2-12(21)3-6-14)25-19(11)24-20(28)16-9-18(27)23-17-8-13(22)4-7-15(16)17/h2-8,10,16H,9H2,1H3,(H,23,27)(H,24,25,28)/t16-/m0/s1. The molecule has 0 unspecified atom stereocenters. The number of nitrogens with zero attached hydrogens (tertiary/aromatic N) is 2. The molecule has 1 aliphatic heterocycles. The number of anilines is 2. The van der Waals surface area contributed by atoms with Crippen molar-refractivity contribution < 1.29 is 14.0 Å². The first kappa shape index (κ1) is 18.2. The smallest absolute Gasteiger partial charge is 0.233 e. The third kappa shape index (κ3) is 3.48. The Balaban J connectivity index is 1.59. The van der Waals surface area contributed by atoms with Gasteiger partial charge >= 0.3 is 0 Å². The lowest BCUT2D eigenvalue weighted by Crippen LogP contribution is -2.31. The number of benzene rings is 2. The number of carbonyl (C=O) groups excluding carboxylic acids is 2. The van der Waals surface area contributed by atoms with Crippen molar-refractivity contribution in [3.8, 4) is 5.69 Å². The molecule has 6 nitrogen and oxygen atoms in total. The summed E-state index contributed by atoms with van der Waals surface area (Å²) in [5.41, 5.74) is 2.46. The van der Waals surface area contributed by atoms with Gasteiger partial charge in [-0.05, 0) is 48.9 Å². The molecule has 2 heterocycles. The van der Waals surface area contributed by atoms with Gasteiger partial charge in [-0.3, -0.25) is 9.59 Å².